The van der Waals surface area contributed by atoms with Crippen molar-refractivity contribution in [1.82, 2.24) is 14.4 Å². The van der Waals surface area contributed by atoms with Crippen molar-refractivity contribution in [1.29, 1.82) is 0 Å². The summed E-state index contributed by atoms with van der Waals surface area (Å²) in [6.07, 6.45) is 0. The summed E-state index contributed by atoms with van der Waals surface area (Å²) in [4.78, 5) is 25.3. The fourth-order valence-corrected chi connectivity index (χ4v) is 4.18. The van der Waals surface area contributed by atoms with Crippen molar-refractivity contribution >= 4 is 21.7 Å². The first-order valence-corrected chi connectivity index (χ1v) is 9.57. The van der Waals surface area contributed by atoms with Gasteiger partial charge < -0.3 is 9.42 Å². The van der Waals surface area contributed by atoms with Gasteiger partial charge in [-0.05, 0) is 26.0 Å². The van der Waals surface area contributed by atoms with Gasteiger partial charge in [-0.2, -0.15) is 4.31 Å². The summed E-state index contributed by atoms with van der Waals surface area (Å²) >= 11 is 0. The highest BCUT2D eigenvalue weighted by Crippen LogP contribution is 2.19. The van der Waals surface area contributed by atoms with Crippen LogP contribution >= 0.6 is 0 Å². The molecule has 0 spiro atoms. The zero-order valence-corrected chi connectivity index (χ0v) is 15.3. The number of piperazine rings is 1. The second kappa shape index (κ2) is 7.00. The van der Waals surface area contributed by atoms with Crippen LogP contribution in [0.15, 0.2) is 39.8 Å². The van der Waals surface area contributed by atoms with E-state index in [0.717, 1.165) is 0 Å². The van der Waals surface area contributed by atoms with Crippen molar-refractivity contribution in [2.75, 3.05) is 26.2 Å². The normalized spacial score (nSPS) is 15.8. The maximum atomic E-state index is 12.7. The van der Waals surface area contributed by atoms with Crippen LogP contribution in [-0.2, 0) is 10.0 Å². The molecule has 3 rings (SSSR count). The second-order valence-electron chi connectivity index (χ2n) is 6.11. The fraction of sp³-hybridized carbons (Fsp3) is 0.353. The summed E-state index contributed by atoms with van der Waals surface area (Å²) in [5.41, 5.74) is 1.07. The Morgan fingerprint density at radius 2 is 1.69 bits per heavy atom. The molecule has 0 atom stereocenters. The third-order valence-electron chi connectivity index (χ3n) is 4.26. The summed E-state index contributed by atoms with van der Waals surface area (Å²) in [7, 11) is -3.67. The summed E-state index contributed by atoms with van der Waals surface area (Å²) in [6.45, 7) is 4.07. The predicted molar refractivity (Wildman–Crippen MR) is 92.3 cm³/mol. The van der Waals surface area contributed by atoms with Crippen molar-refractivity contribution in [3.05, 3.63) is 47.3 Å². The number of hydrogen-bond donors (Lipinski definition) is 0. The molecule has 0 saturated carbocycles. The molecule has 0 N–H and O–H groups in total. The first kappa shape index (κ1) is 18.3. The SMILES string of the molecule is CC(=O)c1ccc(S(=O)(=O)N2CCN(C(=O)c3cc(C)no3)CC2)cc1. The van der Waals surface area contributed by atoms with Gasteiger partial charge in [-0.1, -0.05) is 17.3 Å². The van der Waals surface area contributed by atoms with E-state index in [1.54, 1.807) is 17.9 Å². The smallest absolute Gasteiger partial charge is 0.292 e. The number of aromatic nitrogens is 1. The van der Waals surface area contributed by atoms with Crippen LogP contribution in [0.4, 0.5) is 0 Å². The molecule has 1 fully saturated rings. The van der Waals surface area contributed by atoms with Gasteiger partial charge in [0.25, 0.3) is 5.91 Å². The van der Waals surface area contributed by atoms with Crippen molar-refractivity contribution in [2.24, 2.45) is 0 Å². The lowest BCUT2D eigenvalue weighted by Crippen LogP contribution is -2.50. The number of nitrogens with zero attached hydrogens (tertiary/aromatic N) is 3. The van der Waals surface area contributed by atoms with Gasteiger partial charge in [-0.3, -0.25) is 9.59 Å². The van der Waals surface area contributed by atoms with Crippen molar-refractivity contribution in [2.45, 2.75) is 18.7 Å². The molecule has 0 unspecified atom stereocenters. The lowest BCUT2D eigenvalue weighted by molar-refractivity contribution is 0.0656. The molecular formula is C17H19N3O5S. The number of carbonyl (C=O) groups is 2. The lowest BCUT2D eigenvalue weighted by atomic mass is 10.2. The minimum atomic E-state index is -3.67. The van der Waals surface area contributed by atoms with Crippen LogP contribution in [0.3, 0.4) is 0 Å². The van der Waals surface area contributed by atoms with Crippen LogP contribution in [0, 0.1) is 6.92 Å². The number of carbonyl (C=O) groups excluding carboxylic acids is 2. The highest BCUT2D eigenvalue weighted by atomic mass is 32.2. The molecule has 26 heavy (non-hydrogen) atoms. The maximum Gasteiger partial charge on any atom is 0.292 e. The van der Waals surface area contributed by atoms with Crippen molar-refractivity contribution in [3.63, 3.8) is 0 Å². The van der Waals surface area contributed by atoms with Gasteiger partial charge in [-0.25, -0.2) is 8.42 Å². The minimum Gasteiger partial charge on any atom is -0.351 e. The number of amides is 1. The third kappa shape index (κ3) is 3.54. The largest absolute Gasteiger partial charge is 0.351 e. The average molecular weight is 377 g/mol. The average Bonchev–Trinajstić information content (AvgIpc) is 3.07. The molecule has 138 valence electrons. The summed E-state index contributed by atoms with van der Waals surface area (Å²) < 4.78 is 31.8. The van der Waals surface area contributed by atoms with E-state index < -0.39 is 10.0 Å². The molecule has 1 aliphatic heterocycles. The molecule has 1 saturated heterocycles. The molecule has 0 aliphatic carbocycles. The Kier molecular flexibility index (Phi) is 4.92. The van der Waals surface area contributed by atoms with E-state index in [1.807, 2.05) is 0 Å². The summed E-state index contributed by atoms with van der Waals surface area (Å²) in [5.74, 6) is -0.268. The van der Waals surface area contributed by atoms with Crippen LogP contribution in [0.1, 0.15) is 33.5 Å². The van der Waals surface area contributed by atoms with Crippen molar-refractivity contribution in [3.8, 4) is 0 Å². The monoisotopic (exact) mass is 377 g/mol. The van der Waals surface area contributed by atoms with E-state index in [0.29, 0.717) is 11.3 Å². The maximum absolute atomic E-state index is 12.7. The molecule has 9 heteroatoms. The number of ketones is 1. The van der Waals surface area contributed by atoms with E-state index in [4.69, 9.17) is 4.52 Å². The summed E-state index contributed by atoms with van der Waals surface area (Å²) in [6, 6.07) is 7.42. The number of Topliss-reactive ketones (excluding diaryl/α,β-unsaturated/α-hetero) is 1. The van der Waals surface area contributed by atoms with Crippen LogP contribution in [0.2, 0.25) is 0 Å². The third-order valence-corrected chi connectivity index (χ3v) is 6.18. The molecule has 0 radical (unpaired) electrons. The highest BCUT2D eigenvalue weighted by Gasteiger charge is 2.31. The molecule has 1 aromatic heterocycles. The molecule has 1 aliphatic rings. The van der Waals surface area contributed by atoms with Gasteiger partial charge in [0.1, 0.15) is 0 Å². The van der Waals surface area contributed by atoms with Gasteiger partial charge in [0, 0.05) is 37.8 Å². The van der Waals surface area contributed by atoms with E-state index in [2.05, 4.69) is 5.16 Å². The predicted octanol–water partition coefficient (Wildman–Crippen LogP) is 1.33. The van der Waals surface area contributed by atoms with Gasteiger partial charge in [0.15, 0.2) is 5.78 Å². The first-order valence-electron chi connectivity index (χ1n) is 8.13. The fourth-order valence-electron chi connectivity index (χ4n) is 2.76. The molecule has 1 amide bonds. The Morgan fingerprint density at radius 1 is 1.08 bits per heavy atom. The van der Waals surface area contributed by atoms with E-state index in [1.165, 1.54) is 35.5 Å². The Morgan fingerprint density at radius 3 is 2.19 bits per heavy atom. The van der Waals surface area contributed by atoms with Crippen LogP contribution in [0.25, 0.3) is 0 Å². The van der Waals surface area contributed by atoms with E-state index >= 15 is 0 Å². The van der Waals surface area contributed by atoms with E-state index in [-0.39, 0.29) is 48.5 Å². The zero-order chi connectivity index (χ0) is 18.9. The quantitative estimate of drug-likeness (QED) is 0.745. The first-order chi connectivity index (χ1) is 12.3. The second-order valence-corrected chi connectivity index (χ2v) is 8.05. The molecule has 2 aromatic rings. The van der Waals surface area contributed by atoms with E-state index in [9.17, 15) is 18.0 Å². The minimum absolute atomic E-state index is 0.122. The topological polar surface area (TPSA) is 101 Å². The lowest BCUT2D eigenvalue weighted by Gasteiger charge is -2.33. The molecule has 1 aromatic carbocycles. The molecule has 2 heterocycles. The van der Waals surface area contributed by atoms with Crippen LogP contribution in [-0.4, -0.2) is 60.6 Å². The Balaban J connectivity index is 1.68. The highest BCUT2D eigenvalue weighted by molar-refractivity contribution is 7.89. The number of benzene rings is 1. The van der Waals surface area contributed by atoms with Crippen LogP contribution in [0.5, 0.6) is 0 Å². The molecule has 0 bridgehead atoms. The van der Waals surface area contributed by atoms with Gasteiger partial charge in [-0.15, -0.1) is 0 Å². The Hall–Kier alpha value is -2.52. The summed E-state index contributed by atoms with van der Waals surface area (Å²) in [5, 5.41) is 3.69. The zero-order valence-electron chi connectivity index (χ0n) is 14.5. The van der Waals surface area contributed by atoms with Gasteiger partial charge >= 0.3 is 0 Å². The number of aryl methyl sites for hydroxylation is 1. The number of sulfonamides is 1. The Labute approximate surface area is 151 Å². The number of hydrogen-bond acceptors (Lipinski definition) is 6. The van der Waals surface area contributed by atoms with Crippen molar-refractivity contribution < 1.29 is 22.5 Å². The Bertz CT molecular complexity index is 926. The number of rotatable bonds is 4. The standard InChI is InChI=1S/C17H19N3O5S/c1-12-11-16(25-18-12)17(22)19-7-9-20(10-8-19)26(23,24)15-5-3-14(4-6-15)13(2)21/h3-6,11H,7-10H2,1-2H3. The van der Waals surface area contributed by atoms with Gasteiger partial charge in [0.05, 0.1) is 10.6 Å². The van der Waals surface area contributed by atoms with Gasteiger partial charge in [0.2, 0.25) is 15.8 Å². The molecule has 8 nitrogen and oxygen atoms in total. The van der Waals surface area contributed by atoms with Crippen LogP contribution < -0.4 is 0 Å². The molecular weight excluding hydrogens is 358 g/mol.